The van der Waals surface area contributed by atoms with E-state index in [9.17, 15) is 0 Å². The second-order valence-corrected chi connectivity index (χ2v) is 8.16. The predicted octanol–water partition coefficient (Wildman–Crippen LogP) is 5.34. The molecule has 2 heteroatoms. The third kappa shape index (κ3) is 4.12. The minimum Gasteiger partial charge on any atom is -0.497 e. The van der Waals surface area contributed by atoms with Crippen molar-refractivity contribution >= 4 is 0 Å². The van der Waals surface area contributed by atoms with Gasteiger partial charge in [-0.15, -0.1) is 0 Å². The lowest BCUT2D eigenvalue weighted by Gasteiger charge is -2.27. The Hall–Kier alpha value is -1.80. The lowest BCUT2D eigenvalue weighted by molar-refractivity contribution is 0.231. The number of hydrogen-bond donors (Lipinski definition) is 0. The molecular formula is C24H31NO. The maximum atomic E-state index is 5.34. The lowest BCUT2D eigenvalue weighted by atomic mass is 9.88. The van der Waals surface area contributed by atoms with E-state index >= 15 is 0 Å². The molecule has 2 aliphatic rings. The van der Waals surface area contributed by atoms with Gasteiger partial charge in [0.25, 0.3) is 0 Å². The second-order valence-electron chi connectivity index (χ2n) is 8.16. The van der Waals surface area contributed by atoms with Gasteiger partial charge in [-0.3, -0.25) is 0 Å². The molecule has 0 aromatic heterocycles. The van der Waals surface area contributed by atoms with Gasteiger partial charge in [0.1, 0.15) is 5.75 Å². The van der Waals surface area contributed by atoms with Crippen LogP contribution in [0, 0.1) is 11.8 Å². The summed E-state index contributed by atoms with van der Waals surface area (Å²) in [4.78, 5) is 2.74. The van der Waals surface area contributed by atoms with Gasteiger partial charge in [-0.25, -0.2) is 0 Å². The number of hydrogen-bond acceptors (Lipinski definition) is 2. The Morgan fingerprint density at radius 2 is 1.65 bits per heavy atom. The number of rotatable bonds is 6. The van der Waals surface area contributed by atoms with E-state index in [4.69, 9.17) is 4.74 Å². The lowest BCUT2D eigenvalue weighted by Crippen LogP contribution is -2.31. The number of fused-ring (bicyclic) bond motifs is 2. The zero-order valence-corrected chi connectivity index (χ0v) is 15.9. The summed E-state index contributed by atoms with van der Waals surface area (Å²) in [6.07, 6.45) is 7.03. The molecule has 2 fully saturated rings. The Kier molecular flexibility index (Phi) is 5.59. The van der Waals surface area contributed by atoms with Crippen molar-refractivity contribution in [1.82, 2.24) is 4.90 Å². The van der Waals surface area contributed by atoms with Crippen LogP contribution in [-0.2, 0) is 0 Å². The summed E-state index contributed by atoms with van der Waals surface area (Å²) >= 11 is 0. The molecule has 0 spiro atoms. The van der Waals surface area contributed by atoms with Gasteiger partial charge in [-0.05, 0) is 73.9 Å². The van der Waals surface area contributed by atoms with Crippen LogP contribution in [0.1, 0.15) is 49.1 Å². The van der Waals surface area contributed by atoms with Crippen LogP contribution in [0.15, 0.2) is 54.6 Å². The van der Waals surface area contributed by atoms with Crippen LogP contribution in [0.4, 0.5) is 0 Å². The van der Waals surface area contributed by atoms with E-state index in [1.165, 1.54) is 62.9 Å². The van der Waals surface area contributed by atoms with E-state index in [1.807, 2.05) is 0 Å². The molecule has 3 unspecified atom stereocenters. The Balaban J connectivity index is 1.47. The third-order valence-corrected chi connectivity index (χ3v) is 6.47. The van der Waals surface area contributed by atoms with Gasteiger partial charge in [-0.1, -0.05) is 48.9 Å². The Bertz CT molecular complexity index is 681. The molecule has 0 radical (unpaired) electrons. The van der Waals surface area contributed by atoms with E-state index in [-0.39, 0.29) is 0 Å². The zero-order chi connectivity index (χ0) is 17.8. The largest absolute Gasteiger partial charge is 0.497 e. The number of benzene rings is 2. The molecule has 0 amide bonds. The quantitative estimate of drug-likeness (QED) is 0.698. The highest BCUT2D eigenvalue weighted by Crippen LogP contribution is 2.37. The fourth-order valence-electron chi connectivity index (χ4n) is 4.99. The summed E-state index contributed by atoms with van der Waals surface area (Å²) in [5.74, 6) is 3.36. The summed E-state index contributed by atoms with van der Waals surface area (Å²) in [6, 6.07) is 19.7. The van der Waals surface area contributed by atoms with Crippen molar-refractivity contribution in [1.29, 1.82) is 0 Å². The van der Waals surface area contributed by atoms with Crippen LogP contribution in [0.25, 0.3) is 0 Å². The molecule has 1 saturated carbocycles. The summed E-state index contributed by atoms with van der Waals surface area (Å²) in [5, 5.41) is 0. The first-order chi connectivity index (χ1) is 12.8. The van der Waals surface area contributed by atoms with Crippen molar-refractivity contribution in [2.45, 2.75) is 38.0 Å². The smallest absolute Gasteiger partial charge is 0.118 e. The standard InChI is InChI=1S/C24H31NO/c1-26-23-11-9-22(10-12-23)24(21-5-3-2-4-6-21)14-16-25-15-13-19-7-8-20(17-19)18-25/h2-6,9-12,19-20,24H,7-8,13-18H2,1H3. The molecule has 26 heavy (non-hydrogen) atoms. The van der Waals surface area contributed by atoms with E-state index in [1.54, 1.807) is 7.11 Å². The van der Waals surface area contributed by atoms with Crippen molar-refractivity contribution in [3.63, 3.8) is 0 Å². The molecular weight excluding hydrogens is 318 g/mol. The van der Waals surface area contributed by atoms with E-state index in [2.05, 4.69) is 59.5 Å². The Labute approximate surface area is 158 Å². The number of methoxy groups -OCH3 is 1. The van der Waals surface area contributed by atoms with Gasteiger partial charge in [0.05, 0.1) is 7.11 Å². The second kappa shape index (κ2) is 8.26. The fraction of sp³-hybridized carbons (Fsp3) is 0.500. The van der Waals surface area contributed by atoms with Gasteiger partial charge in [0.2, 0.25) is 0 Å². The highest BCUT2D eigenvalue weighted by Gasteiger charge is 2.30. The first-order valence-corrected chi connectivity index (χ1v) is 10.2. The number of ether oxygens (including phenoxy) is 1. The van der Waals surface area contributed by atoms with Crippen molar-refractivity contribution < 1.29 is 4.74 Å². The third-order valence-electron chi connectivity index (χ3n) is 6.47. The molecule has 1 saturated heterocycles. The molecule has 2 nitrogen and oxygen atoms in total. The van der Waals surface area contributed by atoms with Gasteiger partial charge in [-0.2, -0.15) is 0 Å². The van der Waals surface area contributed by atoms with E-state index in [0.29, 0.717) is 5.92 Å². The Morgan fingerprint density at radius 3 is 2.42 bits per heavy atom. The summed E-state index contributed by atoms with van der Waals surface area (Å²) in [5.41, 5.74) is 2.82. The molecule has 2 aromatic carbocycles. The van der Waals surface area contributed by atoms with Crippen LogP contribution in [0.2, 0.25) is 0 Å². The normalized spacial score (nSPS) is 24.2. The Morgan fingerprint density at radius 1 is 0.923 bits per heavy atom. The maximum Gasteiger partial charge on any atom is 0.118 e. The zero-order valence-electron chi connectivity index (χ0n) is 15.9. The average molecular weight is 350 g/mol. The summed E-state index contributed by atoms with van der Waals surface area (Å²) in [7, 11) is 1.73. The van der Waals surface area contributed by atoms with Gasteiger partial charge in [0, 0.05) is 12.5 Å². The van der Waals surface area contributed by atoms with Crippen LogP contribution < -0.4 is 4.74 Å². The molecule has 3 atom stereocenters. The van der Waals surface area contributed by atoms with Crippen LogP contribution >= 0.6 is 0 Å². The first-order valence-electron chi connectivity index (χ1n) is 10.2. The number of likely N-dealkylation sites (tertiary alicyclic amines) is 1. The minimum absolute atomic E-state index is 0.461. The summed E-state index contributed by atoms with van der Waals surface area (Å²) < 4.78 is 5.34. The van der Waals surface area contributed by atoms with Crippen LogP contribution in [0.3, 0.4) is 0 Å². The van der Waals surface area contributed by atoms with Gasteiger partial charge in [0.15, 0.2) is 0 Å². The fourth-order valence-corrected chi connectivity index (χ4v) is 4.99. The molecule has 1 heterocycles. The van der Waals surface area contributed by atoms with Crippen molar-refractivity contribution in [3.05, 3.63) is 65.7 Å². The van der Waals surface area contributed by atoms with Crippen molar-refractivity contribution in [3.8, 4) is 5.75 Å². The molecule has 2 bridgehead atoms. The molecule has 1 aliphatic carbocycles. The molecule has 4 rings (SSSR count). The van der Waals surface area contributed by atoms with Gasteiger partial charge < -0.3 is 9.64 Å². The average Bonchev–Trinajstić information content (AvgIpc) is 3.04. The topological polar surface area (TPSA) is 12.5 Å². The maximum absolute atomic E-state index is 5.34. The van der Waals surface area contributed by atoms with Crippen molar-refractivity contribution in [2.24, 2.45) is 11.8 Å². The van der Waals surface area contributed by atoms with E-state index < -0.39 is 0 Å². The monoisotopic (exact) mass is 349 g/mol. The first kappa shape index (κ1) is 17.6. The minimum atomic E-state index is 0.461. The predicted molar refractivity (Wildman–Crippen MR) is 108 cm³/mol. The molecule has 1 aliphatic heterocycles. The van der Waals surface area contributed by atoms with E-state index in [0.717, 1.165) is 17.6 Å². The highest BCUT2D eigenvalue weighted by molar-refractivity contribution is 5.36. The molecule has 138 valence electrons. The molecule has 0 N–H and O–H groups in total. The molecule has 2 aromatic rings. The van der Waals surface area contributed by atoms with Crippen molar-refractivity contribution in [2.75, 3.05) is 26.7 Å². The van der Waals surface area contributed by atoms with Crippen LogP contribution in [-0.4, -0.2) is 31.6 Å². The van der Waals surface area contributed by atoms with Crippen LogP contribution in [0.5, 0.6) is 5.75 Å². The van der Waals surface area contributed by atoms with Gasteiger partial charge >= 0.3 is 0 Å². The summed E-state index contributed by atoms with van der Waals surface area (Å²) in [6.45, 7) is 3.82. The number of nitrogens with zero attached hydrogens (tertiary/aromatic N) is 1. The SMILES string of the molecule is COc1ccc(C(CCN2CCC3CCC(C3)C2)c2ccccc2)cc1. The highest BCUT2D eigenvalue weighted by atomic mass is 16.5.